The molecule has 0 fully saturated rings. The fourth-order valence-corrected chi connectivity index (χ4v) is 2.42. The number of pyridine rings is 1. The van der Waals surface area contributed by atoms with Crippen LogP contribution in [0, 0.1) is 5.92 Å². The van der Waals surface area contributed by atoms with Crippen molar-refractivity contribution in [1.29, 1.82) is 0 Å². The minimum Gasteiger partial charge on any atom is -0.385 e. The van der Waals surface area contributed by atoms with E-state index in [1.54, 1.807) is 7.11 Å². The topological polar surface area (TPSA) is 34.2 Å². The van der Waals surface area contributed by atoms with E-state index in [0.29, 0.717) is 12.0 Å². The van der Waals surface area contributed by atoms with E-state index in [2.05, 4.69) is 37.1 Å². The summed E-state index contributed by atoms with van der Waals surface area (Å²) in [6.45, 7) is 8.56. The second-order valence-electron chi connectivity index (χ2n) is 5.12. The Hall–Kier alpha value is -0.930. The molecule has 0 saturated heterocycles. The third-order valence-electron chi connectivity index (χ3n) is 3.62. The van der Waals surface area contributed by atoms with Crippen LogP contribution in [-0.4, -0.2) is 25.2 Å². The first-order chi connectivity index (χ1) is 9.24. The zero-order valence-corrected chi connectivity index (χ0v) is 12.8. The predicted molar refractivity (Wildman–Crippen MR) is 80.3 cm³/mol. The van der Waals surface area contributed by atoms with Gasteiger partial charge in [-0.2, -0.15) is 0 Å². The van der Waals surface area contributed by atoms with Gasteiger partial charge in [-0.1, -0.05) is 20.8 Å². The molecule has 1 aromatic heterocycles. The highest BCUT2D eigenvalue weighted by molar-refractivity contribution is 5.27. The van der Waals surface area contributed by atoms with E-state index in [9.17, 15) is 0 Å². The van der Waals surface area contributed by atoms with Crippen LogP contribution in [0.2, 0.25) is 0 Å². The third kappa shape index (κ3) is 4.92. The standard InChI is InChI=1S/C16H28N2O/c1-5-9-18-16(13(3)8-11-19-4)15-7-10-17-12-14(15)6-2/h7,10,12-13,16,18H,5-6,8-9,11H2,1-4H3. The van der Waals surface area contributed by atoms with Crippen LogP contribution in [0.5, 0.6) is 0 Å². The van der Waals surface area contributed by atoms with Gasteiger partial charge in [-0.15, -0.1) is 0 Å². The number of rotatable bonds is 9. The molecule has 0 saturated carbocycles. The molecule has 0 spiro atoms. The Balaban J connectivity index is 2.88. The average Bonchev–Trinajstić information content (AvgIpc) is 2.45. The fourth-order valence-electron chi connectivity index (χ4n) is 2.42. The van der Waals surface area contributed by atoms with Gasteiger partial charge in [-0.3, -0.25) is 4.98 Å². The summed E-state index contributed by atoms with van der Waals surface area (Å²) in [4.78, 5) is 4.25. The molecule has 3 nitrogen and oxygen atoms in total. The van der Waals surface area contributed by atoms with Gasteiger partial charge in [0.25, 0.3) is 0 Å². The summed E-state index contributed by atoms with van der Waals surface area (Å²) < 4.78 is 5.22. The predicted octanol–water partition coefficient (Wildman–Crippen LogP) is 3.36. The number of hydrogen-bond acceptors (Lipinski definition) is 3. The van der Waals surface area contributed by atoms with Crippen LogP contribution in [0.1, 0.15) is 50.8 Å². The van der Waals surface area contributed by atoms with Gasteiger partial charge in [0, 0.05) is 32.2 Å². The van der Waals surface area contributed by atoms with Gasteiger partial charge in [0.05, 0.1) is 0 Å². The van der Waals surface area contributed by atoms with Crippen LogP contribution >= 0.6 is 0 Å². The van der Waals surface area contributed by atoms with Crippen molar-refractivity contribution in [2.24, 2.45) is 5.92 Å². The minimum absolute atomic E-state index is 0.396. The fraction of sp³-hybridized carbons (Fsp3) is 0.688. The summed E-state index contributed by atoms with van der Waals surface area (Å²) >= 11 is 0. The Morgan fingerprint density at radius 1 is 1.37 bits per heavy atom. The van der Waals surface area contributed by atoms with Crippen LogP contribution < -0.4 is 5.32 Å². The first kappa shape index (κ1) is 16.1. The summed E-state index contributed by atoms with van der Waals surface area (Å²) in [7, 11) is 1.77. The molecule has 0 aliphatic heterocycles. The molecule has 19 heavy (non-hydrogen) atoms. The first-order valence-corrected chi connectivity index (χ1v) is 7.39. The normalized spacial score (nSPS) is 14.3. The van der Waals surface area contributed by atoms with E-state index in [-0.39, 0.29) is 0 Å². The Bertz CT molecular complexity index is 354. The highest BCUT2D eigenvalue weighted by atomic mass is 16.5. The highest BCUT2D eigenvalue weighted by Gasteiger charge is 2.20. The Labute approximate surface area is 117 Å². The number of hydrogen-bond donors (Lipinski definition) is 1. The maximum Gasteiger partial charge on any atom is 0.0465 e. The van der Waals surface area contributed by atoms with E-state index in [4.69, 9.17) is 4.74 Å². The van der Waals surface area contributed by atoms with Crippen molar-refractivity contribution in [3.63, 3.8) is 0 Å². The molecule has 1 rings (SSSR count). The van der Waals surface area contributed by atoms with Crippen LogP contribution in [-0.2, 0) is 11.2 Å². The van der Waals surface area contributed by atoms with Crippen molar-refractivity contribution in [2.75, 3.05) is 20.3 Å². The summed E-state index contributed by atoms with van der Waals surface area (Å²) in [5.41, 5.74) is 2.75. The van der Waals surface area contributed by atoms with Gasteiger partial charge in [-0.05, 0) is 48.9 Å². The van der Waals surface area contributed by atoms with Gasteiger partial charge in [0.15, 0.2) is 0 Å². The Morgan fingerprint density at radius 3 is 2.79 bits per heavy atom. The second kappa shape index (κ2) is 9.05. The molecular weight excluding hydrogens is 236 g/mol. The Kier molecular flexibility index (Phi) is 7.68. The van der Waals surface area contributed by atoms with E-state index in [1.165, 1.54) is 11.1 Å². The van der Waals surface area contributed by atoms with Gasteiger partial charge < -0.3 is 10.1 Å². The molecule has 2 unspecified atom stereocenters. The molecule has 0 amide bonds. The van der Waals surface area contributed by atoms with E-state index in [1.807, 2.05) is 12.4 Å². The summed E-state index contributed by atoms with van der Waals surface area (Å²) in [6, 6.07) is 2.56. The number of nitrogens with one attached hydrogen (secondary N) is 1. The van der Waals surface area contributed by atoms with E-state index < -0.39 is 0 Å². The summed E-state index contributed by atoms with van der Waals surface area (Å²) in [6.07, 6.45) is 7.16. The van der Waals surface area contributed by atoms with Crippen molar-refractivity contribution in [3.8, 4) is 0 Å². The summed E-state index contributed by atoms with van der Waals surface area (Å²) in [5.74, 6) is 0.555. The maximum absolute atomic E-state index is 5.22. The van der Waals surface area contributed by atoms with Gasteiger partial charge in [0.1, 0.15) is 0 Å². The van der Waals surface area contributed by atoms with Gasteiger partial charge in [0.2, 0.25) is 0 Å². The zero-order chi connectivity index (χ0) is 14.1. The van der Waals surface area contributed by atoms with Gasteiger partial charge in [-0.25, -0.2) is 0 Å². The average molecular weight is 264 g/mol. The molecule has 0 bridgehead atoms. The van der Waals surface area contributed by atoms with Crippen LogP contribution in [0.4, 0.5) is 0 Å². The largest absolute Gasteiger partial charge is 0.385 e. The molecule has 2 atom stereocenters. The Morgan fingerprint density at radius 2 is 2.16 bits per heavy atom. The zero-order valence-electron chi connectivity index (χ0n) is 12.8. The minimum atomic E-state index is 0.396. The first-order valence-electron chi connectivity index (χ1n) is 7.39. The molecule has 0 aliphatic rings. The smallest absolute Gasteiger partial charge is 0.0465 e. The van der Waals surface area contributed by atoms with E-state index in [0.717, 1.165) is 32.4 Å². The molecule has 1 aromatic rings. The van der Waals surface area contributed by atoms with Crippen molar-refractivity contribution >= 4 is 0 Å². The van der Waals surface area contributed by atoms with Crippen molar-refractivity contribution in [2.45, 2.75) is 46.1 Å². The van der Waals surface area contributed by atoms with Crippen molar-refractivity contribution in [1.82, 2.24) is 10.3 Å². The van der Waals surface area contributed by atoms with Crippen molar-refractivity contribution in [3.05, 3.63) is 29.6 Å². The lowest BCUT2D eigenvalue weighted by Crippen LogP contribution is -2.29. The molecule has 3 heteroatoms. The van der Waals surface area contributed by atoms with Crippen LogP contribution in [0.3, 0.4) is 0 Å². The maximum atomic E-state index is 5.22. The second-order valence-corrected chi connectivity index (χ2v) is 5.12. The van der Waals surface area contributed by atoms with Crippen LogP contribution in [0.25, 0.3) is 0 Å². The van der Waals surface area contributed by atoms with Gasteiger partial charge >= 0.3 is 0 Å². The number of aryl methyl sites for hydroxylation is 1. The summed E-state index contributed by atoms with van der Waals surface area (Å²) in [5, 5.41) is 3.69. The van der Waals surface area contributed by atoms with Crippen LogP contribution in [0.15, 0.2) is 18.5 Å². The quantitative estimate of drug-likeness (QED) is 0.742. The number of methoxy groups -OCH3 is 1. The number of ether oxygens (including phenoxy) is 1. The molecule has 0 aliphatic carbocycles. The third-order valence-corrected chi connectivity index (χ3v) is 3.62. The highest BCUT2D eigenvalue weighted by Crippen LogP contribution is 2.27. The van der Waals surface area contributed by atoms with Crippen molar-refractivity contribution < 1.29 is 4.74 Å². The van der Waals surface area contributed by atoms with E-state index >= 15 is 0 Å². The molecule has 0 radical (unpaired) electrons. The molecule has 0 aromatic carbocycles. The SMILES string of the molecule is CCCNC(c1ccncc1CC)C(C)CCOC. The molecular formula is C16H28N2O. The lowest BCUT2D eigenvalue weighted by molar-refractivity contribution is 0.170. The number of nitrogens with zero attached hydrogens (tertiary/aromatic N) is 1. The molecule has 1 N–H and O–H groups in total. The molecule has 108 valence electrons. The lowest BCUT2D eigenvalue weighted by Gasteiger charge is -2.27. The lowest BCUT2D eigenvalue weighted by atomic mass is 9.89. The monoisotopic (exact) mass is 264 g/mol. The molecule has 1 heterocycles. The number of aromatic nitrogens is 1.